The van der Waals surface area contributed by atoms with Crippen LogP contribution in [0.1, 0.15) is 32.6 Å². The normalized spacial score (nSPS) is 37.9. The Labute approximate surface area is 111 Å². The molecule has 1 aliphatic carbocycles. The first-order valence-electron chi connectivity index (χ1n) is 6.79. The molecule has 5 nitrogen and oxygen atoms in total. The minimum absolute atomic E-state index is 0.0774. The first kappa shape index (κ1) is 12.8. The molecule has 2 saturated heterocycles. The quantitative estimate of drug-likeness (QED) is 0.671. The van der Waals surface area contributed by atoms with Gasteiger partial charge in [0, 0.05) is 25.7 Å². The van der Waals surface area contributed by atoms with Crippen molar-refractivity contribution < 1.29 is 23.8 Å². The van der Waals surface area contributed by atoms with Crippen molar-refractivity contribution in [1.29, 1.82) is 0 Å². The summed E-state index contributed by atoms with van der Waals surface area (Å²) in [4.78, 5) is 23.0. The summed E-state index contributed by atoms with van der Waals surface area (Å²) in [6, 6.07) is 0. The molecule has 2 heterocycles. The number of allylic oxidation sites excluding steroid dienone is 1. The zero-order chi connectivity index (χ0) is 13.5. The third-order valence-corrected chi connectivity index (χ3v) is 4.08. The van der Waals surface area contributed by atoms with E-state index in [9.17, 15) is 9.59 Å². The van der Waals surface area contributed by atoms with Gasteiger partial charge in [-0.05, 0) is 24.5 Å². The maximum Gasteiger partial charge on any atom is 0.303 e. The molecule has 0 aromatic rings. The van der Waals surface area contributed by atoms with Crippen LogP contribution in [0.2, 0.25) is 0 Å². The molecule has 0 bridgehead atoms. The fraction of sp³-hybridized carbons (Fsp3) is 0.714. The Bertz CT molecular complexity index is 433. The predicted molar refractivity (Wildman–Crippen MR) is 65.2 cm³/mol. The molecule has 3 aliphatic rings. The van der Waals surface area contributed by atoms with Crippen molar-refractivity contribution >= 4 is 11.8 Å². The van der Waals surface area contributed by atoms with Gasteiger partial charge in [0.1, 0.15) is 0 Å². The second-order valence-electron chi connectivity index (χ2n) is 5.43. The number of esters is 1. The van der Waals surface area contributed by atoms with E-state index in [-0.39, 0.29) is 17.7 Å². The molecule has 0 aromatic carbocycles. The van der Waals surface area contributed by atoms with Gasteiger partial charge in [-0.25, -0.2) is 0 Å². The van der Waals surface area contributed by atoms with Gasteiger partial charge in [-0.3, -0.25) is 9.59 Å². The number of ketones is 1. The first-order valence-corrected chi connectivity index (χ1v) is 6.79. The fourth-order valence-corrected chi connectivity index (χ4v) is 3.24. The summed E-state index contributed by atoms with van der Waals surface area (Å²) in [5, 5.41) is 0. The number of hydrogen-bond donors (Lipinski definition) is 0. The number of hydrogen-bond acceptors (Lipinski definition) is 5. The lowest BCUT2D eigenvalue weighted by molar-refractivity contribution is -0.317. The van der Waals surface area contributed by atoms with Crippen LogP contribution in [-0.4, -0.2) is 36.9 Å². The molecule has 2 aliphatic heterocycles. The Kier molecular flexibility index (Phi) is 3.19. The van der Waals surface area contributed by atoms with Gasteiger partial charge in [0.25, 0.3) is 0 Å². The molecule has 0 unspecified atom stereocenters. The molecular weight excluding hydrogens is 248 g/mol. The average molecular weight is 266 g/mol. The zero-order valence-electron chi connectivity index (χ0n) is 11.0. The fourth-order valence-electron chi connectivity index (χ4n) is 3.24. The van der Waals surface area contributed by atoms with Gasteiger partial charge in [-0.1, -0.05) is 0 Å². The van der Waals surface area contributed by atoms with Crippen LogP contribution < -0.4 is 0 Å². The number of rotatable bonds is 1. The lowest BCUT2D eigenvalue weighted by Crippen LogP contribution is -2.57. The summed E-state index contributed by atoms with van der Waals surface area (Å²) in [5.41, 5.74) is 0.927. The standard InChI is InChI=1S/C14H18O5/c1-9(15)19-13-12-7-11(16)6-10(12)8-18-14(13)4-2-3-5-17-14/h6,12-13H,2-5,7-8H2,1H3/t12-,13+,14-/m0/s1. The van der Waals surface area contributed by atoms with E-state index in [0.29, 0.717) is 26.1 Å². The molecule has 0 N–H and O–H groups in total. The molecule has 19 heavy (non-hydrogen) atoms. The van der Waals surface area contributed by atoms with Crippen molar-refractivity contribution in [2.45, 2.75) is 44.5 Å². The van der Waals surface area contributed by atoms with Crippen molar-refractivity contribution in [3.05, 3.63) is 11.6 Å². The van der Waals surface area contributed by atoms with Gasteiger partial charge < -0.3 is 14.2 Å². The van der Waals surface area contributed by atoms with E-state index in [0.717, 1.165) is 18.4 Å². The number of carbonyl (C=O) groups is 2. The second kappa shape index (κ2) is 4.72. The Hall–Kier alpha value is -1.20. The molecule has 2 fully saturated rings. The lowest BCUT2D eigenvalue weighted by atomic mass is 9.83. The molecule has 5 heteroatoms. The highest BCUT2D eigenvalue weighted by atomic mass is 16.7. The van der Waals surface area contributed by atoms with E-state index >= 15 is 0 Å². The molecule has 104 valence electrons. The predicted octanol–water partition coefficient (Wildman–Crippen LogP) is 1.36. The van der Waals surface area contributed by atoms with E-state index in [1.165, 1.54) is 6.92 Å². The molecule has 1 spiro atoms. The van der Waals surface area contributed by atoms with E-state index < -0.39 is 11.9 Å². The third-order valence-electron chi connectivity index (χ3n) is 4.08. The van der Waals surface area contributed by atoms with Crippen LogP contribution in [0.4, 0.5) is 0 Å². The highest BCUT2D eigenvalue weighted by Gasteiger charge is 2.54. The smallest absolute Gasteiger partial charge is 0.303 e. The molecule has 0 radical (unpaired) electrons. The minimum atomic E-state index is -0.851. The van der Waals surface area contributed by atoms with Crippen LogP contribution in [0, 0.1) is 5.92 Å². The molecule has 0 amide bonds. The summed E-state index contributed by atoms with van der Waals surface area (Å²) >= 11 is 0. The number of carbonyl (C=O) groups excluding carboxylic acids is 2. The second-order valence-corrected chi connectivity index (χ2v) is 5.43. The minimum Gasteiger partial charge on any atom is -0.456 e. The molecular formula is C14H18O5. The van der Waals surface area contributed by atoms with Gasteiger partial charge in [-0.15, -0.1) is 0 Å². The van der Waals surface area contributed by atoms with Gasteiger partial charge >= 0.3 is 5.97 Å². The SMILES string of the molecule is CC(=O)O[C@@H]1[C@H]2CC(=O)C=C2CO[C@@]12CCCCO2. The summed E-state index contributed by atoms with van der Waals surface area (Å²) in [6.07, 6.45) is 4.19. The van der Waals surface area contributed by atoms with E-state index in [1.54, 1.807) is 6.08 Å². The summed E-state index contributed by atoms with van der Waals surface area (Å²) in [7, 11) is 0. The Morgan fingerprint density at radius 2 is 2.26 bits per heavy atom. The first-order chi connectivity index (χ1) is 9.11. The van der Waals surface area contributed by atoms with Gasteiger partial charge in [0.15, 0.2) is 11.9 Å². The average Bonchev–Trinajstić information content (AvgIpc) is 2.75. The number of fused-ring (bicyclic) bond motifs is 1. The van der Waals surface area contributed by atoms with Crippen LogP contribution in [0.5, 0.6) is 0 Å². The highest BCUT2D eigenvalue weighted by Crippen LogP contribution is 2.44. The lowest BCUT2D eigenvalue weighted by Gasteiger charge is -2.47. The van der Waals surface area contributed by atoms with Crippen molar-refractivity contribution in [2.75, 3.05) is 13.2 Å². The van der Waals surface area contributed by atoms with Crippen molar-refractivity contribution in [1.82, 2.24) is 0 Å². The summed E-state index contributed by atoms with van der Waals surface area (Å²) in [6.45, 7) is 2.39. The molecule has 0 aromatic heterocycles. The van der Waals surface area contributed by atoms with Crippen molar-refractivity contribution in [3.63, 3.8) is 0 Å². The van der Waals surface area contributed by atoms with Crippen LogP contribution in [0.25, 0.3) is 0 Å². The Morgan fingerprint density at radius 1 is 1.42 bits per heavy atom. The topological polar surface area (TPSA) is 61.8 Å². The van der Waals surface area contributed by atoms with Gasteiger partial charge in [0.2, 0.25) is 5.79 Å². The van der Waals surface area contributed by atoms with E-state index in [4.69, 9.17) is 14.2 Å². The van der Waals surface area contributed by atoms with Crippen LogP contribution >= 0.6 is 0 Å². The van der Waals surface area contributed by atoms with E-state index in [1.807, 2.05) is 0 Å². The van der Waals surface area contributed by atoms with E-state index in [2.05, 4.69) is 0 Å². The summed E-state index contributed by atoms with van der Waals surface area (Å²) in [5.74, 6) is -1.21. The van der Waals surface area contributed by atoms with Crippen LogP contribution in [0.3, 0.4) is 0 Å². The maximum absolute atomic E-state index is 11.6. The maximum atomic E-state index is 11.6. The third kappa shape index (κ3) is 2.21. The monoisotopic (exact) mass is 266 g/mol. The Balaban J connectivity index is 1.90. The van der Waals surface area contributed by atoms with Crippen molar-refractivity contribution in [3.8, 4) is 0 Å². The van der Waals surface area contributed by atoms with Crippen LogP contribution in [-0.2, 0) is 23.8 Å². The van der Waals surface area contributed by atoms with Gasteiger partial charge in [-0.2, -0.15) is 0 Å². The Morgan fingerprint density at radius 3 is 2.95 bits per heavy atom. The number of ether oxygens (including phenoxy) is 3. The highest BCUT2D eigenvalue weighted by molar-refractivity contribution is 5.93. The van der Waals surface area contributed by atoms with Crippen LogP contribution in [0.15, 0.2) is 11.6 Å². The van der Waals surface area contributed by atoms with Crippen molar-refractivity contribution in [2.24, 2.45) is 5.92 Å². The largest absolute Gasteiger partial charge is 0.456 e. The molecule has 3 rings (SSSR count). The molecule has 0 saturated carbocycles. The van der Waals surface area contributed by atoms with Gasteiger partial charge in [0.05, 0.1) is 13.2 Å². The zero-order valence-corrected chi connectivity index (χ0v) is 11.0. The molecule has 3 atom stereocenters. The summed E-state index contributed by atoms with van der Waals surface area (Å²) < 4.78 is 17.2.